The van der Waals surface area contributed by atoms with E-state index >= 15 is 0 Å². The molecule has 0 saturated carbocycles. The molecule has 1 aliphatic rings. The van der Waals surface area contributed by atoms with Gasteiger partial charge in [0.2, 0.25) is 11.8 Å². The van der Waals surface area contributed by atoms with Gasteiger partial charge in [0.1, 0.15) is 6.04 Å². The van der Waals surface area contributed by atoms with E-state index in [4.69, 9.17) is 0 Å². The Morgan fingerprint density at radius 3 is 2.46 bits per heavy atom. The van der Waals surface area contributed by atoms with Gasteiger partial charge in [-0.3, -0.25) is 9.59 Å². The number of hydrogen-bond acceptors (Lipinski definition) is 2. The molecular weight excluding hydrogens is 321 g/mol. The maximum Gasteiger partial charge on any atom is 0.416 e. The first-order valence-electron chi connectivity index (χ1n) is 7.92. The highest BCUT2D eigenvalue weighted by Crippen LogP contribution is 2.31. The zero-order chi connectivity index (χ0) is 17.9. The molecule has 1 aromatic rings. The topological polar surface area (TPSA) is 49.4 Å². The van der Waals surface area contributed by atoms with Crippen molar-refractivity contribution in [2.24, 2.45) is 0 Å². The van der Waals surface area contributed by atoms with Crippen LogP contribution < -0.4 is 5.32 Å². The van der Waals surface area contributed by atoms with Gasteiger partial charge in [-0.05, 0) is 36.5 Å². The van der Waals surface area contributed by atoms with Crippen LogP contribution in [0.3, 0.4) is 0 Å². The number of benzene rings is 1. The molecule has 0 spiro atoms. The molecule has 1 saturated heterocycles. The molecule has 0 aliphatic carbocycles. The van der Waals surface area contributed by atoms with Gasteiger partial charge in [0.05, 0.1) is 5.56 Å². The molecule has 4 nitrogen and oxygen atoms in total. The Morgan fingerprint density at radius 2 is 1.92 bits per heavy atom. The van der Waals surface area contributed by atoms with Gasteiger partial charge in [-0.25, -0.2) is 0 Å². The van der Waals surface area contributed by atoms with Crippen LogP contribution in [0.5, 0.6) is 0 Å². The quantitative estimate of drug-likeness (QED) is 0.915. The van der Waals surface area contributed by atoms with Crippen molar-refractivity contribution in [1.82, 2.24) is 10.2 Å². The normalized spacial score (nSPS) is 19.2. The summed E-state index contributed by atoms with van der Waals surface area (Å²) in [5, 5.41) is 2.56. The van der Waals surface area contributed by atoms with E-state index in [0.717, 1.165) is 18.6 Å². The molecule has 1 heterocycles. The van der Waals surface area contributed by atoms with E-state index in [-0.39, 0.29) is 24.2 Å². The summed E-state index contributed by atoms with van der Waals surface area (Å²) < 4.78 is 37.8. The van der Waals surface area contributed by atoms with Gasteiger partial charge in [0.25, 0.3) is 0 Å². The predicted molar refractivity (Wildman–Crippen MR) is 83.3 cm³/mol. The Morgan fingerprint density at radius 1 is 1.29 bits per heavy atom. The summed E-state index contributed by atoms with van der Waals surface area (Å²) in [7, 11) is 1.54. The summed E-state index contributed by atoms with van der Waals surface area (Å²) >= 11 is 0. The molecule has 0 unspecified atom stereocenters. The fourth-order valence-corrected chi connectivity index (χ4v) is 3.00. The van der Waals surface area contributed by atoms with Crippen molar-refractivity contribution in [3.63, 3.8) is 0 Å². The molecule has 0 aromatic heterocycles. The van der Waals surface area contributed by atoms with E-state index < -0.39 is 17.8 Å². The number of nitrogens with zero attached hydrogens (tertiary/aromatic N) is 1. The summed E-state index contributed by atoms with van der Waals surface area (Å²) in [5.74, 6) is -0.540. The molecule has 1 aromatic carbocycles. The maximum atomic E-state index is 12.6. The van der Waals surface area contributed by atoms with Crippen LogP contribution in [0.15, 0.2) is 24.3 Å². The van der Waals surface area contributed by atoms with Gasteiger partial charge in [-0.2, -0.15) is 13.2 Å². The number of alkyl halides is 3. The molecule has 1 aliphatic heterocycles. The van der Waals surface area contributed by atoms with Crippen LogP contribution in [-0.4, -0.2) is 36.3 Å². The van der Waals surface area contributed by atoms with Crippen molar-refractivity contribution in [3.8, 4) is 0 Å². The third-order valence-corrected chi connectivity index (χ3v) is 4.41. The number of carbonyl (C=O) groups is 2. The molecule has 1 fully saturated rings. The van der Waals surface area contributed by atoms with Crippen molar-refractivity contribution in [2.75, 3.05) is 13.6 Å². The largest absolute Gasteiger partial charge is 0.416 e. The van der Waals surface area contributed by atoms with Crippen LogP contribution in [0.4, 0.5) is 13.2 Å². The fourth-order valence-electron chi connectivity index (χ4n) is 3.00. The standard InChI is InChI=1S/C17H21F3N2O2/c1-11(12-5-7-13(8-6-12)17(18,19)20)10-15(23)22-9-3-4-14(22)16(24)21-2/h5-8,11,14H,3-4,9-10H2,1-2H3,(H,21,24)/t11-,14+/m1/s1. The Bertz CT molecular complexity index is 599. The smallest absolute Gasteiger partial charge is 0.357 e. The summed E-state index contributed by atoms with van der Waals surface area (Å²) in [5.41, 5.74) is -0.0314. The molecule has 2 amide bonds. The van der Waals surface area contributed by atoms with Gasteiger partial charge >= 0.3 is 6.18 Å². The average molecular weight is 342 g/mol. The molecule has 1 N–H and O–H groups in total. The van der Waals surface area contributed by atoms with Gasteiger partial charge in [-0.1, -0.05) is 19.1 Å². The number of nitrogens with one attached hydrogen (secondary N) is 1. The lowest BCUT2D eigenvalue weighted by Crippen LogP contribution is -2.45. The summed E-state index contributed by atoms with van der Waals surface area (Å²) in [4.78, 5) is 25.8. The number of likely N-dealkylation sites (tertiary alicyclic amines) is 1. The van der Waals surface area contributed by atoms with E-state index in [1.54, 1.807) is 11.8 Å². The first kappa shape index (κ1) is 18.3. The highest BCUT2D eigenvalue weighted by molar-refractivity contribution is 5.88. The second-order valence-electron chi connectivity index (χ2n) is 6.08. The van der Waals surface area contributed by atoms with Gasteiger partial charge < -0.3 is 10.2 Å². The minimum atomic E-state index is -4.37. The second kappa shape index (κ2) is 7.23. The summed E-state index contributed by atoms with van der Waals surface area (Å²) in [6.07, 6.45) is -2.79. The van der Waals surface area contributed by atoms with Crippen LogP contribution in [0.1, 0.15) is 43.2 Å². The summed E-state index contributed by atoms with van der Waals surface area (Å²) in [6, 6.07) is 4.42. The van der Waals surface area contributed by atoms with Crippen LogP contribution in [0.2, 0.25) is 0 Å². The number of carbonyl (C=O) groups excluding carboxylic acids is 2. The highest BCUT2D eigenvalue weighted by atomic mass is 19.4. The zero-order valence-corrected chi connectivity index (χ0v) is 13.7. The second-order valence-corrected chi connectivity index (χ2v) is 6.08. The number of hydrogen-bond donors (Lipinski definition) is 1. The Kier molecular flexibility index (Phi) is 5.51. The van der Waals surface area contributed by atoms with Crippen LogP contribution in [0, 0.1) is 0 Å². The first-order valence-corrected chi connectivity index (χ1v) is 7.92. The Labute approximate surface area is 139 Å². The van der Waals surface area contributed by atoms with Gasteiger partial charge in [-0.15, -0.1) is 0 Å². The monoisotopic (exact) mass is 342 g/mol. The Balaban J connectivity index is 2.02. The van der Waals surface area contributed by atoms with Crippen LogP contribution in [-0.2, 0) is 15.8 Å². The number of likely N-dealkylation sites (N-methyl/N-ethyl adjacent to an activating group) is 1. The van der Waals surface area contributed by atoms with E-state index in [1.807, 2.05) is 0 Å². The summed E-state index contributed by atoms with van der Waals surface area (Å²) in [6.45, 7) is 2.34. The van der Waals surface area contributed by atoms with Crippen molar-refractivity contribution in [1.29, 1.82) is 0 Å². The highest BCUT2D eigenvalue weighted by Gasteiger charge is 2.34. The fraction of sp³-hybridized carbons (Fsp3) is 0.529. The van der Waals surface area contributed by atoms with Crippen molar-refractivity contribution in [2.45, 2.75) is 44.3 Å². The number of rotatable bonds is 4. The molecule has 2 rings (SSSR count). The molecule has 0 bridgehead atoms. The van der Waals surface area contributed by atoms with Gasteiger partial charge in [0, 0.05) is 20.0 Å². The number of halogens is 3. The lowest BCUT2D eigenvalue weighted by molar-refractivity contribution is -0.138. The van der Waals surface area contributed by atoms with E-state index in [1.165, 1.54) is 19.2 Å². The third-order valence-electron chi connectivity index (χ3n) is 4.41. The molecule has 2 atom stereocenters. The number of amides is 2. The van der Waals surface area contributed by atoms with Crippen molar-refractivity contribution >= 4 is 11.8 Å². The molecule has 0 radical (unpaired) electrons. The average Bonchev–Trinajstić information content (AvgIpc) is 3.03. The Hall–Kier alpha value is -2.05. The minimum Gasteiger partial charge on any atom is -0.357 e. The van der Waals surface area contributed by atoms with Gasteiger partial charge in [0.15, 0.2) is 0 Å². The van der Waals surface area contributed by atoms with E-state index in [9.17, 15) is 22.8 Å². The maximum absolute atomic E-state index is 12.6. The predicted octanol–water partition coefficient (Wildman–Crippen LogP) is 2.94. The lowest BCUT2D eigenvalue weighted by atomic mass is 9.96. The third kappa shape index (κ3) is 4.07. The zero-order valence-electron chi connectivity index (χ0n) is 13.7. The lowest BCUT2D eigenvalue weighted by Gasteiger charge is -2.25. The van der Waals surface area contributed by atoms with Crippen molar-refractivity contribution in [3.05, 3.63) is 35.4 Å². The minimum absolute atomic E-state index is 0.145. The van der Waals surface area contributed by atoms with E-state index in [2.05, 4.69) is 5.32 Å². The van der Waals surface area contributed by atoms with E-state index in [0.29, 0.717) is 18.5 Å². The van der Waals surface area contributed by atoms with Crippen LogP contribution >= 0.6 is 0 Å². The molecule has 24 heavy (non-hydrogen) atoms. The molecule has 7 heteroatoms. The molecular formula is C17H21F3N2O2. The first-order chi connectivity index (χ1) is 11.2. The molecule has 132 valence electrons. The van der Waals surface area contributed by atoms with Crippen molar-refractivity contribution < 1.29 is 22.8 Å². The van der Waals surface area contributed by atoms with Crippen LogP contribution in [0.25, 0.3) is 0 Å². The SMILES string of the molecule is CNC(=O)[C@@H]1CCCN1C(=O)C[C@@H](C)c1ccc(C(F)(F)F)cc1.